The molecule has 0 bridgehead atoms. The Kier molecular flexibility index (Phi) is 6.81. The minimum Gasteiger partial charge on any atom is -0.493 e. The lowest BCUT2D eigenvalue weighted by Gasteiger charge is -2.10. The second-order valence-electron chi connectivity index (χ2n) is 6.06. The van der Waals surface area contributed by atoms with Crippen LogP contribution in [0.25, 0.3) is 0 Å². The average Bonchev–Trinajstić information content (AvgIpc) is 2.70. The van der Waals surface area contributed by atoms with Crippen LogP contribution in [-0.2, 0) is 12.8 Å². The third-order valence-corrected chi connectivity index (χ3v) is 3.99. The zero-order chi connectivity index (χ0) is 18.7. The van der Waals surface area contributed by atoms with Crippen LogP contribution in [0.5, 0.6) is 5.75 Å². The first kappa shape index (κ1) is 18.5. The summed E-state index contributed by atoms with van der Waals surface area (Å²) < 4.78 is 5.79. The smallest absolute Gasteiger partial charge is 0.319 e. The van der Waals surface area contributed by atoms with Crippen molar-refractivity contribution in [2.45, 2.75) is 12.8 Å². The van der Waals surface area contributed by atoms with Gasteiger partial charge < -0.3 is 15.4 Å². The summed E-state index contributed by atoms with van der Waals surface area (Å²) in [6, 6.07) is 23.1. The monoisotopic (exact) mass is 361 g/mol. The van der Waals surface area contributed by atoms with Crippen molar-refractivity contribution in [1.82, 2.24) is 10.3 Å². The summed E-state index contributed by atoms with van der Waals surface area (Å²) in [5.41, 5.74) is 2.88. The highest BCUT2D eigenvalue weighted by atomic mass is 16.5. The van der Waals surface area contributed by atoms with Crippen molar-refractivity contribution in [3.05, 3.63) is 90.3 Å². The lowest BCUT2D eigenvalue weighted by atomic mass is 10.2. The number of benzene rings is 2. The maximum absolute atomic E-state index is 12.0. The molecule has 3 aromatic rings. The number of amides is 2. The van der Waals surface area contributed by atoms with Gasteiger partial charge in [0, 0.05) is 43.0 Å². The second-order valence-corrected chi connectivity index (χ2v) is 6.06. The summed E-state index contributed by atoms with van der Waals surface area (Å²) in [4.78, 5) is 16.3. The number of urea groups is 1. The number of carbonyl (C=O) groups is 1. The highest BCUT2D eigenvalue weighted by Crippen LogP contribution is 2.17. The van der Waals surface area contributed by atoms with Crippen LogP contribution in [0.2, 0.25) is 0 Å². The molecule has 2 amide bonds. The molecule has 138 valence electrons. The van der Waals surface area contributed by atoms with E-state index in [-0.39, 0.29) is 6.03 Å². The Balaban J connectivity index is 1.42. The summed E-state index contributed by atoms with van der Waals surface area (Å²) >= 11 is 0. The molecule has 0 atom stereocenters. The van der Waals surface area contributed by atoms with Crippen molar-refractivity contribution in [1.29, 1.82) is 0 Å². The molecular formula is C22H23N3O2. The number of anilines is 1. The maximum atomic E-state index is 12.0. The molecule has 5 heteroatoms. The van der Waals surface area contributed by atoms with E-state index in [0.717, 1.165) is 17.9 Å². The number of aromatic nitrogens is 1. The summed E-state index contributed by atoms with van der Waals surface area (Å²) in [5, 5.41) is 5.66. The van der Waals surface area contributed by atoms with E-state index in [1.165, 1.54) is 5.56 Å². The van der Waals surface area contributed by atoms with Gasteiger partial charge in [-0.25, -0.2) is 4.79 Å². The van der Waals surface area contributed by atoms with Crippen LogP contribution < -0.4 is 15.4 Å². The molecule has 1 aromatic heterocycles. The largest absolute Gasteiger partial charge is 0.493 e. The van der Waals surface area contributed by atoms with Gasteiger partial charge in [0.25, 0.3) is 0 Å². The molecule has 0 unspecified atom stereocenters. The molecule has 0 radical (unpaired) electrons. The third kappa shape index (κ3) is 6.47. The number of nitrogens with zero attached hydrogens (tertiary/aromatic N) is 1. The normalized spacial score (nSPS) is 10.2. The lowest BCUT2D eigenvalue weighted by Crippen LogP contribution is -2.30. The van der Waals surface area contributed by atoms with Gasteiger partial charge in [-0.15, -0.1) is 0 Å². The molecule has 0 saturated heterocycles. The molecule has 0 fully saturated rings. The molecule has 0 aliphatic heterocycles. The zero-order valence-electron chi connectivity index (χ0n) is 15.1. The third-order valence-electron chi connectivity index (χ3n) is 3.99. The fourth-order valence-electron chi connectivity index (χ4n) is 2.62. The first-order valence-corrected chi connectivity index (χ1v) is 9.01. The van der Waals surface area contributed by atoms with E-state index in [1.807, 2.05) is 60.7 Å². The maximum Gasteiger partial charge on any atom is 0.319 e. The number of rotatable bonds is 8. The Morgan fingerprint density at radius 1 is 0.926 bits per heavy atom. The van der Waals surface area contributed by atoms with Gasteiger partial charge in [-0.05, 0) is 29.8 Å². The summed E-state index contributed by atoms with van der Waals surface area (Å²) in [6.45, 7) is 1.11. The average molecular weight is 361 g/mol. The number of hydrogen-bond acceptors (Lipinski definition) is 3. The number of ether oxygens (including phenoxy) is 1. The summed E-state index contributed by atoms with van der Waals surface area (Å²) in [6.07, 6.45) is 3.28. The number of pyridine rings is 1. The van der Waals surface area contributed by atoms with E-state index in [9.17, 15) is 4.79 Å². The molecule has 2 N–H and O–H groups in total. The first-order chi connectivity index (χ1) is 13.3. The minimum absolute atomic E-state index is 0.243. The van der Waals surface area contributed by atoms with Crippen molar-refractivity contribution in [2.24, 2.45) is 0 Å². The van der Waals surface area contributed by atoms with E-state index < -0.39 is 0 Å². The second kappa shape index (κ2) is 9.97. The molecular weight excluding hydrogens is 338 g/mol. The van der Waals surface area contributed by atoms with E-state index in [4.69, 9.17) is 4.74 Å². The van der Waals surface area contributed by atoms with Gasteiger partial charge in [0.1, 0.15) is 5.75 Å². The van der Waals surface area contributed by atoms with Gasteiger partial charge in [-0.2, -0.15) is 0 Å². The Hall–Kier alpha value is -3.34. The van der Waals surface area contributed by atoms with Crippen LogP contribution in [0.3, 0.4) is 0 Å². The number of hydrogen-bond donors (Lipinski definition) is 2. The van der Waals surface area contributed by atoms with Crippen LogP contribution >= 0.6 is 0 Å². The van der Waals surface area contributed by atoms with E-state index in [1.54, 1.807) is 6.20 Å². The van der Waals surface area contributed by atoms with Crippen molar-refractivity contribution in [3.63, 3.8) is 0 Å². The van der Waals surface area contributed by atoms with Gasteiger partial charge in [0.05, 0.1) is 6.61 Å². The molecule has 1 heterocycles. The van der Waals surface area contributed by atoms with Crippen LogP contribution in [-0.4, -0.2) is 24.2 Å². The summed E-state index contributed by atoms with van der Waals surface area (Å²) in [7, 11) is 0. The van der Waals surface area contributed by atoms with Crippen molar-refractivity contribution in [2.75, 3.05) is 18.5 Å². The molecule has 0 saturated carbocycles. The van der Waals surface area contributed by atoms with E-state index >= 15 is 0 Å². The van der Waals surface area contributed by atoms with Gasteiger partial charge in [-0.1, -0.05) is 42.5 Å². The highest BCUT2D eigenvalue weighted by Gasteiger charge is 2.03. The standard InChI is InChI=1S/C22H23N3O2/c26-22(24-15-12-19-9-4-5-14-23-19)25-20-10-6-11-21(17-20)27-16-13-18-7-2-1-3-8-18/h1-11,14,17H,12-13,15-16H2,(H2,24,25,26). The predicted molar refractivity (Wildman–Crippen MR) is 107 cm³/mol. The molecule has 0 aliphatic carbocycles. The van der Waals surface area contributed by atoms with E-state index in [2.05, 4.69) is 27.8 Å². The Morgan fingerprint density at radius 2 is 1.78 bits per heavy atom. The Labute approximate surface area is 159 Å². The topological polar surface area (TPSA) is 63.2 Å². The van der Waals surface area contributed by atoms with Crippen LogP contribution in [0.4, 0.5) is 10.5 Å². The fourth-order valence-corrected chi connectivity index (χ4v) is 2.62. The molecule has 27 heavy (non-hydrogen) atoms. The Bertz CT molecular complexity index is 838. The number of nitrogens with one attached hydrogen (secondary N) is 2. The molecule has 2 aromatic carbocycles. The van der Waals surface area contributed by atoms with Crippen molar-refractivity contribution >= 4 is 11.7 Å². The predicted octanol–water partition coefficient (Wildman–Crippen LogP) is 4.07. The zero-order valence-corrected chi connectivity index (χ0v) is 15.1. The first-order valence-electron chi connectivity index (χ1n) is 9.01. The van der Waals surface area contributed by atoms with Crippen molar-refractivity contribution < 1.29 is 9.53 Å². The van der Waals surface area contributed by atoms with Gasteiger partial charge in [0.15, 0.2) is 0 Å². The van der Waals surface area contributed by atoms with Gasteiger partial charge in [0.2, 0.25) is 0 Å². The van der Waals surface area contributed by atoms with E-state index in [0.29, 0.717) is 25.3 Å². The molecule has 0 spiro atoms. The van der Waals surface area contributed by atoms with Crippen LogP contribution in [0.1, 0.15) is 11.3 Å². The van der Waals surface area contributed by atoms with Crippen LogP contribution in [0.15, 0.2) is 79.0 Å². The molecule has 0 aliphatic rings. The fraction of sp³-hybridized carbons (Fsp3) is 0.182. The molecule has 3 rings (SSSR count). The number of carbonyl (C=O) groups excluding carboxylic acids is 1. The minimum atomic E-state index is -0.243. The van der Waals surface area contributed by atoms with Gasteiger partial charge in [-0.3, -0.25) is 4.98 Å². The summed E-state index contributed by atoms with van der Waals surface area (Å²) in [5.74, 6) is 0.734. The highest BCUT2D eigenvalue weighted by molar-refractivity contribution is 5.89. The van der Waals surface area contributed by atoms with Crippen molar-refractivity contribution in [3.8, 4) is 5.75 Å². The SMILES string of the molecule is O=C(NCCc1ccccn1)Nc1cccc(OCCc2ccccc2)c1. The molecule has 5 nitrogen and oxygen atoms in total. The lowest BCUT2D eigenvalue weighted by molar-refractivity contribution is 0.252. The Morgan fingerprint density at radius 3 is 2.59 bits per heavy atom. The van der Waals surface area contributed by atoms with Crippen LogP contribution in [0, 0.1) is 0 Å². The van der Waals surface area contributed by atoms with Gasteiger partial charge >= 0.3 is 6.03 Å². The quantitative estimate of drug-likeness (QED) is 0.636.